The van der Waals surface area contributed by atoms with Crippen LogP contribution in [0.4, 0.5) is 0 Å². The molecule has 0 unspecified atom stereocenters. The van der Waals surface area contributed by atoms with Crippen LogP contribution >= 0.6 is 0 Å². The van der Waals surface area contributed by atoms with Crippen molar-refractivity contribution in [2.45, 2.75) is 26.3 Å². The fourth-order valence-electron chi connectivity index (χ4n) is 4.05. The number of ether oxygens (including phenoxy) is 1. The average molecular weight is 454 g/mol. The molecule has 172 valence electrons. The second kappa shape index (κ2) is 10.7. The molecule has 0 aliphatic rings. The van der Waals surface area contributed by atoms with Gasteiger partial charge in [-0.2, -0.15) is 0 Å². The molecule has 3 aromatic carbocycles. The fraction of sp³-hybridized carbons (Fsp3) is 0.172. The fourth-order valence-corrected chi connectivity index (χ4v) is 4.05. The summed E-state index contributed by atoms with van der Waals surface area (Å²) in [6, 6.07) is 27.6. The van der Waals surface area contributed by atoms with E-state index in [0.29, 0.717) is 12.3 Å². The number of nitrogens with zero attached hydrogens (tertiary/aromatic N) is 1. The van der Waals surface area contributed by atoms with E-state index in [1.54, 1.807) is 16.7 Å². The summed E-state index contributed by atoms with van der Waals surface area (Å²) in [6.07, 6.45) is 3.45. The molecule has 0 atom stereocenters. The van der Waals surface area contributed by atoms with Crippen LogP contribution in [0, 0.1) is 6.92 Å². The molecular formula is C29H27NO4. The Hall–Kier alpha value is -4.12. The lowest BCUT2D eigenvalue weighted by molar-refractivity contribution is -0.139. The van der Waals surface area contributed by atoms with Gasteiger partial charge in [0.05, 0.1) is 0 Å². The Bertz CT molecular complexity index is 1360. The Morgan fingerprint density at radius 2 is 1.65 bits per heavy atom. The van der Waals surface area contributed by atoms with Crippen LogP contribution in [0.15, 0.2) is 95.9 Å². The first-order valence-corrected chi connectivity index (χ1v) is 11.3. The molecule has 0 amide bonds. The summed E-state index contributed by atoms with van der Waals surface area (Å²) in [4.78, 5) is 23.2. The Morgan fingerprint density at radius 1 is 0.882 bits per heavy atom. The molecule has 0 fully saturated rings. The smallest absolute Gasteiger partial charge is 0.341 e. The van der Waals surface area contributed by atoms with Crippen molar-refractivity contribution in [3.63, 3.8) is 0 Å². The minimum atomic E-state index is -1.01. The van der Waals surface area contributed by atoms with Gasteiger partial charge in [-0.1, -0.05) is 66.2 Å². The first kappa shape index (κ1) is 23.1. The second-order valence-corrected chi connectivity index (χ2v) is 8.30. The van der Waals surface area contributed by atoms with E-state index < -0.39 is 5.97 Å². The van der Waals surface area contributed by atoms with E-state index in [4.69, 9.17) is 9.84 Å². The third-order valence-electron chi connectivity index (χ3n) is 5.68. The van der Waals surface area contributed by atoms with Crippen LogP contribution < -0.4 is 10.3 Å². The quantitative estimate of drug-likeness (QED) is 0.359. The van der Waals surface area contributed by atoms with Gasteiger partial charge >= 0.3 is 5.97 Å². The van der Waals surface area contributed by atoms with Crippen molar-refractivity contribution in [3.05, 3.63) is 113 Å². The lowest BCUT2D eigenvalue weighted by atomic mass is 9.94. The van der Waals surface area contributed by atoms with Crippen LogP contribution in [0.1, 0.15) is 17.5 Å². The van der Waals surface area contributed by atoms with Crippen LogP contribution in [-0.2, 0) is 17.8 Å². The van der Waals surface area contributed by atoms with Crippen molar-refractivity contribution >= 4 is 5.97 Å². The highest BCUT2D eigenvalue weighted by atomic mass is 16.5. The summed E-state index contributed by atoms with van der Waals surface area (Å²) >= 11 is 0. The first-order valence-electron chi connectivity index (χ1n) is 11.3. The highest BCUT2D eigenvalue weighted by molar-refractivity contribution is 5.83. The Morgan fingerprint density at radius 3 is 2.41 bits per heavy atom. The molecule has 1 heterocycles. The highest BCUT2D eigenvalue weighted by Gasteiger charge is 2.09. The number of hydrogen-bond donors (Lipinski definition) is 1. The molecule has 0 saturated carbocycles. The number of carbonyl (C=O) groups is 1. The molecule has 0 spiro atoms. The van der Waals surface area contributed by atoms with Gasteiger partial charge in [0.15, 0.2) is 6.61 Å². The molecule has 0 bridgehead atoms. The number of carboxylic acids is 1. The van der Waals surface area contributed by atoms with Gasteiger partial charge in [0.25, 0.3) is 5.56 Å². The molecule has 4 aromatic rings. The minimum Gasteiger partial charge on any atom is -0.482 e. The number of benzene rings is 3. The van der Waals surface area contributed by atoms with Crippen molar-refractivity contribution in [1.29, 1.82) is 0 Å². The largest absolute Gasteiger partial charge is 0.482 e. The molecule has 4 rings (SSSR count). The lowest BCUT2D eigenvalue weighted by Crippen LogP contribution is -2.19. The van der Waals surface area contributed by atoms with Crippen LogP contribution in [0.5, 0.6) is 5.75 Å². The maximum absolute atomic E-state index is 12.5. The average Bonchev–Trinajstić information content (AvgIpc) is 2.84. The van der Waals surface area contributed by atoms with Crippen molar-refractivity contribution in [3.8, 4) is 28.0 Å². The molecular weight excluding hydrogens is 426 g/mol. The van der Waals surface area contributed by atoms with Crippen molar-refractivity contribution in [1.82, 2.24) is 4.57 Å². The normalized spacial score (nSPS) is 10.7. The number of hydrogen-bond acceptors (Lipinski definition) is 3. The van der Waals surface area contributed by atoms with Crippen LogP contribution in [-0.4, -0.2) is 22.2 Å². The number of rotatable bonds is 9. The predicted molar refractivity (Wildman–Crippen MR) is 134 cm³/mol. The highest BCUT2D eigenvalue weighted by Crippen LogP contribution is 2.32. The Balaban J connectivity index is 1.51. The summed E-state index contributed by atoms with van der Waals surface area (Å²) in [5.41, 5.74) is 6.58. The second-order valence-electron chi connectivity index (χ2n) is 8.30. The molecule has 1 aromatic heterocycles. The molecule has 0 saturated heterocycles. The van der Waals surface area contributed by atoms with Gasteiger partial charge in [-0.15, -0.1) is 0 Å². The van der Waals surface area contributed by atoms with E-state index in [1.807, 2.05) is 42.6 Å². The van der Waals surface area contributed by atoms with Gasteiger partial charge in [0.1, 0.15) is 5.75 Å². The molecule has 5 nitrogen and oxygen atoms in total. The van der Waals surface area contributed by atoms with E-state index in [0.717, 1.165) is 40.7 Å². The van der Waals surface area contributed by atoms with Crippen molar-refractivity contribution in [2.24, 2.45) is 0 Å². The standard InChI is InChI=1S/C29H27NO4/c1-21-7-4-10-23(17-21)26-12-2-3-13-27(26)24-14-15-28(31)30(19-24)16-6-9-22-8-5-11-25(18-22)34-20-29(32)33/h2-5,7-8,10-15,17-19H,6,9,16,20H2,1H3,(H,32,33). The van der Waals surface area contributed by atoms with Crippen molar-refractivity contribution in [2.75, 3.05) is 6.61 Å². The number of pyridine rings is 1. The van der Waals surface area contributed by atoms with Crippen LogP contribution in [0.3, 0.4) is 0 Å². The van der Waals surface area contributed by atoms with Gasteiger partial charge in [-0.05, 0) is 65.8 Å². The molecule has 34 heavy (non-hydrogen) atoms. The maximum atomic E-state index is 12.5. The van der Waals surface area contributed by atoms with Crippen molar-refractivity contribution < 1.29 is 14.6 Å². The SMILES string of the molecule is Cc1cccc(-c2ccccc2-c2ccc(=O)n(CCCc3cccc(OCC(=O)O)c3)c2)c1. The number of aliphatic carboxylic acids is 1. The number of aromatic nitrogens is 1. The maximum Gasteiger partial charge on any atom is 0.341 e. The zero-order valence-corrected chi connectivity index (χ0v) is 19.1. The summed E-state index contributed by atoms with van der Waals surface area (Å²) in [7, 11) is 0. The third-order valence-corrected chi connectivity index (χ3v) is 5.68. The Labute approximate surface area is 198 Å². The zero-order valence-electron chi connectivity index (χ0n) is 19.1. The number of carboxylic acid groups (broad SMARTS) is 1. The van der Waals surface area contributed by atoms with E-state index in [1.165, 1.54) is 5.56 Å². The van der Waals surface area contributed by atoms with Gasteiger partial charge in [-0.3, -0.25) is 4.79 Å². The van der Waals surface area contributed by atoms with E-state index in [-0.39, 0.29) is 12.2 Å². The summed E-state index contributed by atoms with van der Waals surface area (Å²) in [5, 5.41) is 8.78. The molecule has 0 aliphatic carbocycles. The minimum absolute atomic E-state index is 0.0321. The topological polar surface area (TPSA) is 68.5 Å². The summed E-state index contributed by atoms with van der Waals surface area (Å²) < 4.78 is 7.01. The van der Waals surface area contributed by atoms with E-state index >= 15 is 0 Å². The number of aryl methyl sites for hydroxylation is 3. The lowest BCUT2D eigenvalue weighted by Gasteiger charge is -2.13. The summed E-state index contributed by atoms with van der Waals surface area (Å²) in [6.45, 7) is 2.30. The molecule has 0 aliphatic heterocycles. The predicted octanol–water partition coefficient (Wildman–Crippen LogP) is 5.59. The molecule has 5 heteroatoms. The van der Waals surface area contributed by atoms with Crippen LogP contribution in [0.25, 0.3) is 22.3 Å². The summed E-state index contributed by atoms with van der Waals surface area (Å²) in [5.74, 6) is -0.472. The first-order chi connectivity index (χ1) is 16.5. The van der Waals surface area contributed by atoms with Gasteiger partial charge in [0, 0.05) is 18.8 Å². The van der Waals surface area contributed by atoms with E-state index in [2.05, 4.69) is 43.3 Å². The van der Waals surface area contributed by atoms with Gasteiger partial charge in [0.2, 0.25) is 0 Å². The van der Waals surface area contributed by atoms with Crippen LogP contribution in [0.2, 0.25) is 0 Å². The van der Waals surface area contributed by atoms with E-state index in [9.17, 15) is 9.59 Å². The molecule has 1 N–H and O–H groups in total. The monoisotopic (exact) mass is 453 g/mol. The van der Waals surface area contributed by atoms with Gasteiger partial charge in [-0.25, -0.2) is 4.79 Å². The Kier molecular flexibility index (Phi) is 7.23. The molecule has 0 radical (unpaired) electrons. The third kappa shape index (κ3) is 5.81. The zero-order chi connectivity index (χ0) is 23.9. The van der Waals surface area contributed by atoms with Gasteiger partial charge < -0.3 is 14.4 Å².